The van der Waals surface area contributed by atoms with Crippen LogP contribution in [0.3, 0.4) is 0 Å². The minimum absolute atomic E-state index is 0.0937. The quantitative estimate of drug-likeness (QED) is 0.614. The number of benzene rings is 2. The summed E-state index contributed by atoms with van der Waals surface area (Å²) >= 11 is 0. The molecule has 2 aromatic carbocycles. The van der Waals surface area contributed by atoms with Crippen molar-refractivity contribution in [1.82, 2.24) is 14.8 Å². The second-order valence-electron chi connectivity index (χ2n) is 8.65. The minimum atomic E-state index is -0.0937. The molecule has 0 bridgehead atoms. The summed E-state index contributed by atoms with van der Waals surface area (Å²) in [5.74, 6) is 1.52. The molecule has 0 spiro atoms. The van der Waals surface area contributed by atoms with Crippen LogP contribution in [-0.2, 0) is 11.2 Å². The standard InChI is InChI=1S/C26H27N3O3/c1-18-7-5-6-10-21(18)17-22(30)28-13-15-29(16-14-28)26(31)23-24(19-11-12-19)32-25(27-23)20-8-3-2-4-9-20/h2-10,19H,11-17H2,1H3. The van der Waals surface area contributed by atoms with Gasteiger partial charge in [0.25, 0.3) is 5.91 Å². The van der Waals surface area contributed by atoms with Crippen molar-refractivity contribution in [3.63, 3.8) is 0 Å². The van der Waals surface area contributed by atoms with Crippen LogP contribution >= 0.6 is 0 Å². The first-order chi connectivity index (χ1) is 15.6. The molecular weight excluding hydrogens is 402 g/mol. The third-order valence-corrected chi connectivity index (χ3v) is 6.35. The monoisotopic (exact) mass is 429 g/mol. The molecule has 1 aliphatic heterocycles. The molecule has 2 aliphatic rings. The number of rotatable bonds is 5. The highest BCUT2D eigenvalue weighted by molar-refractivity contribution is 5.94. The molecule has 0 radical (unpaired) electrons. The molecule has 2 fully saturated rings. The Labute approximate surface area is 187 Å². The minimum Gasteiger partial charge on any atom is -0.440 e. The van der Waals surface area contributed by atoms with Gasteiger partial charge in [0.2, 0.25) is 11.8 Å². The van der Waals surface area contributed by atoms with Gasteiger partial charge in [-0.2, -0.15) is 0 Å². The van der Waals surface area contributed by atoms with E-state index in [9.17, 15) is 9.59 Å². The number of oxazole rings is 1. The summed E-state index contributed by atoms with van der Waals surface area (Å²) in [5.41, 5.74) is 3.50. The maximum atomic E-state index is 13.3. The van der Waals surface area contributed by atoms with Gasteiger partial charge >= 0.3 is 0 Å². The predicted molar refractivity (Wildman–Crippen MR) is 121 cm³/mol. The number of hydrogen-bond donors (Lipinski definition) is 0. The van der Waals surface area contributed by atoms with E-state index in [1.807, 2.05) is 66.4 Å². The largest absolute Gasteiger partial charge is 0.440 e. The van der Waals surface area contributed by atoms with Gasteiger partial charge in [-0.05, 0) is 43.0 Å². The zero-order chi connectivity index (χ0) is 22.1. The Hall–Kier alpha value is -3.41. The molecule has 6 nitrogen and oxygen atoms in total. The summed E-state index contributed by atoms with van der Waals surface area (Å²) in [5, 5.41) is 0. The van der Waals surface area contributed by atoms with E-state index < -0.39 is 0 Å². The van der Waals surface area contributed by atoms with Gasteiger partial charge in [-0.3, -0.25) is 9.59 Å². The molecule has 3 aromatic rings. The maximum Gasteiger partial charge on any atom is 0.276 e. The molecule has 2 heterocycles. The number of nitrogens with zero attached hydrogens (tertiary/aromatic N) is 3. The van der Waals surface area contributed by atoms with E-state index in [2.05, 4.69) is 4.98 Å². The van der Waals surface area contributed by atoms with E-state index in [-0.39, 0.29) is 17.7 Å². The lowest BCUT2D eigenvalue weighted by atomic mass is 10.1. The Morgan fingerprint density at radius 3 is 2.28 bits per heavy atom. The van der Waals surface area contributed by atoms with E-state index in [4.69, 9.17) is 4.42 Å². The maximum absolute atomic E-state index is 13.3. The average Bonchev–Trinajstić information content (AvgIpc) is 3.58. The molecular formula is C26H27N3O3. The lowest BCUT2D eigenvalue weighted by Gasteiger charge is -2.34. The number of aryl methyl sites for hydroxylation is 1. The zero-order valence-electron chi connectivity index (χ0n) is 18.3. The van der Waals surface area contributed by atoms with Crippen LogP contribution in [0.4, 0.5) is 0 Å². The summed E-state index contributed by atoms with van der Waals surface area (Å²) in [4.78, 5) is 34.3. The summed E-state index contributed by atoms with van der Waals surface area (Å²) < 4.78 is 6.05. The second-order valence-corrected chi connectivity index (χ2v) is 8.65. The van der Waals surface area contributed by atoms with E-state index in [1.54, 1.807) is 4.90 Å². The fourth-order valence-corrected chi connectivity index (χ4v) is 4.20. The molecule has 1 aromatic heterocycles. The van der Waals surface area contributed by atoms with Crippen molar-refractivity contribution in [2.75, 3.05) is 26.2 Å². The second kappa shape index (κ2) is 8.61. The predicted octanol–water partition coefficient (Wildman–Crippen LogP) is 4.05. The summed E-state index contributed by atoms with van der Waals surface area (Å²) in [6.45, 7) is 4.13. The SMILES string of the molecule is Cc1ccccc1CC(=O)N1CCN(C(=O)c2nc(-c3ccccc3)oc2C2CC2)CC1. The van der Waals surface area contributed by atoms with E-state index in [0.29, 0.717) is 49.9 Å². The first kappa shape index (κ1) is 20.5. The van der Waals surface area contributed by atoms with Crippen molar-refractivity contribution in [3.8, 4) is 11.5 Å². The Bertz CT molecular complexity index is 1130. The van der Waals surface area contributed by atoms with E-state index in [1.165, 1.54) is 0 Å². The van der Waals surface area contributed by atoms with Crippen molar-refractivity contribution in [2.24, 2.45) is 0 Å². The molecule has 2 amide bonds. The number of amides is 2. The normalized spacial score (nSPS) is 16.3. The highest BCUT2D eigenvalue weighted by atomic mass is 16.4. The van der Waals surface area contributed by atoms with Crippen LogP contribution < -0.4 is 0 Å². The summed E-state index contributed by atoms with van der Waals surface area (Å²) in [7, 11) is 0. The molecule has 6 heteroatoms. The van der Waals surface area contributed by atoms with Gasteiger partial charge in [-0.15, -0.1) is 0 Å². The lowest BCUT2D eigenvalue weighted by Crippen LogP contribution is -2.51. The molecule has 0 unspecified atom stereocenters. The van der Waals surface area contributed by atoms with Crippen molar-refractivity contribution in [1.29, 1.82) is 0 Å². The van der Waals surface area contributed by atoms with Crippen LogP contribution in [0.1, 0.15) is 46.1 Å². The van der Waals surface area contributed by atoms with Gasteiger partial charge in [0.05, 0.1) is 6.42 Å². The van der Waals surface area contributed by atoms with Crippen LogP contribution in [0.5, 0.6) is 0 Å². The number of hydrogen-bond acceptors (Lipinski definition) is 4. The van der Waals surface area contributed by atoms with Gasteiger partial charge in [-0.25, -0.2) is 4.98 Å². The third-order valence-electron chi connectivity index (χ3n) is 6.35. The van der Waals surface area contributed by atoms with Crippen molar-refractivity contribution in [2.45, 2.75) is 32.1 Å². The Morgan fingerprint density at radius 1 is 0.938 bits per heavy atom. The van der Waals surface area contributed by atoms with Gasteiger partial charge in [0.1, 0.15) is 5.76 Å². The topological polar surface area (TPSA) is 66.7 Å². The molecule has 0 N–H and O–H groups in total. The highest BCUT2D eigenvalue weighted by Gasteiger charge is 2.36. The summed E-state index contributed by atoms with van der Waals surface area (Å²) in [6, 6.07) is 17.7. The van der Waals surface area contributed by atoms with Gasteiger partial charge in [0, 0.05) is 37.7 Å². The average molecular weight is 430 g/mol. The number of piperazine rings is 1. The van der Waals surface area contributed by atoms with E-state index in [0.717, 1.165) is 29.5 Å². The van der Waals surface area contributed by atoms with Crippen molar-refractivity contribution >= 4 is 11.8 Å². The first-order valence-corrected chi connectivity index (χ1v) is 11.3. The fourth-order valence-electron chi connectivity index (χ4n) is 4.20. The van der Waals surface area contributed by atoms with Crippen LogP contribution in [0.25, 0.3) is 11.5 Å². The molecule has 1 saturated carbocycles. The molecule has 32 heavy (non-hydrogen) atoms. The first-order valence-electron chi connectivity index (χ1n) is 11.3. The lowest BCUT2D eigenvalue weighted by molar-refractivity contribution is -0.131. The van der Waals surface area contributed by atoms with Crippen molar-refractivity contribution < 1.29 is 14.0 Å². The number of aromatic nitrogens is 1. The Morgan fingerprint density at radius 2 is 1.59 bits per heavy atom. The molecule has 0 atom stereocenters. The summed E-state index contributed by atoms with van der Waals surface area (Å²) in [6.07, 6.45) is 2.46. The molecule has 1 saturated heterocycles. The van der Waals surface area contributed by atoms with Gasteiger partial charge < -0.3 is 14.2 Å². The Balaban J connectivity index is 1.26. The highest BCUT2D eigenvalue weighted by Crippen LogP contribution is 2.43. The number of carbonyl (C=O) groups excluding carboxylic acids is 2. The zero-order valence-corrected chi connectivity index (χ0v) is 18.3. The fraction of sp³-hybridized carbons (Fsp3) is 0.346. The van der Waals surface area contributed by atoms with Crippen LogP contribution in [-0.4, -0.2) is 52.8 Å². The smallest absolute Gasteiger partial charge is 0.276 e. The van der Waals surface area contributed by atoms with E-state index >= 15 is 0 Å². The van der Waals surface area contributed by atoms with Crippen LogP contribution in [0, 0.1) is 6.92 Å². The molecule has 164 valence electrons. The van der Waals surface area contributed by atoms with Crippen molar-refractivity contribution in [3.05, 3.63) is 77.2 Å². The molecule has 1 aliphatic carbocycles. The van der Waals surface area contributed by atoms with Crippen LogP contribution in [0.15, 0.2) is 59.0 Å². The number of carbonyl (C=O) groups is 2. The molecule has 5 rings (SSSR count). The van der Waals surface area contributed by atoms with Crippen LogP contribution in [0.2, 0.25) is 0 Å². The Kier molecular flexibility index (Phi) is 5.52. The third kappa shape index (κ3) is 4.17. The van der Waals surface area contributed by atoms with Gasteiger partial charge in [-0.1, -0.05) is 42.5 Å². The van der Waals surface area contributed by atoms with Gasteiger partial charge in [0.15, 0.2) is 5.69 Å².